The summed E-state index contributed by atoms with van der Waals surface area (Å²) in [5.41, 5.74) is 0.551. The first-order valence-corrected chi connectivity index (χ1v) is 10.3. The number of carboxylic acid groups (broad SMARTS) is 1. The second kappa shape index (κ2) is 8.91. The monoisotopic (exact) mass is 456 g/mol. The van der Waals surface area contributed by atoms with E-state index in [9.17, 15) is 28.0 Å². The number of phenols is 2. The van der Waals surface area contributed by atoms with Crippen LogP contribution in [-0.2, 0) is 10.1 Å². The molecule has 0 radical (unpaired) electrons. The normalized spacial score (nSPS) is 11.9. The summed E-state index contributed by atoms with van der Waals surface area (Å²) in [7, 11) is -4.71. The van der Waals surface area contributed by atoms with E-state index in [1.54, 1.807) is 6.92 Å². The van der Waals surface area contributed by atoms with Crippen molar-refractivity contribution >= 4 is 38.8 Å². The van der Waals surface area contributed by atoms with Crippen LogP contribution in [0.4, 0.5) is 22.7 Å². The molecule has 0 bridgehead atoms. The average Bonchev–Trinajstić information content (AvgIpc) is 2.71. The Bertz CT molecular complexity index is 1350. The third-order valence-electron chi connectivity index (χ3n) is 4.16. The van der Waals surface area contributed by atoms with Crippen LogP contribution in [0, 0.1) is 6.92 Å². The number of carbonyl (C=O) groups is 1. The molecule has 4 N–H and O–H groups in total. The molecule has 0 aliphatic rings. The van der Waals surface area contributed by atoms with Gasteiger partial charge in [0.25, 0.3) is 10.1 Å². The molecule has 164 valence electrons. The van der Waals surface area contributed by atoms with Crippen molar-refractivity contribution in [3.8, 4) is 11.5 Å². The molecule has 3 aromatic carbocycles. The summed E-state index contributed by atoms with van der Waals surface area (Å²) >= 11 is 0. The average molecular weight is 456 g/mol. The predicted octanol–water partition coefficient (Wildman–Crippen LogP) is 5.18. The number of hydrogen-bond donors (Lipinski definition) is 4. The molecule has 0 aliphatic heterocycles. The number of aromatic carboxylic acids is 1. The summed E-state index contributed by atoms with van der Waals surface area (Å²) in [6.07, 6.45) is 0. The topological polar surface area (TPSA) is 182 Å². The first-order valence-electron chi connectivity index (χ1n) is 8.85. The molecule has 0 amide bonds. The maximum absolute atomic E-state index is 11.9. The number of carboxylic acids is 1. The molecule has 0 saturated heterocycles. The van der Waals surface area contributed by atoms with Gasteiger partial charge < -0.3 is 15.3 Å². The minimum atomic E-state index is -4.71. The Morgan fingerprint density at radius 3 is 2.00 bits per heavy atom. The third kappa shape index (κ3) is 5.30. The van der Waals surface area contributed by atoms with Crippen molar-refractivity contribution in [2.75, 3.05) is 0 Å². The van der Waals surface area contributed by atoms with Crippen LogP contribution in [0.1, 0.15) is 15.9 Å². The van der Waals surface area contributed by atoms with E-state index in [0.717, 1.165) is 18.2 Å². The van der Waals surface area contributed by atoms with Crippen molar-refractivity contribution in [1.29, 1.82) is 0 Å². The van der Waals surface area contributed by atoms with E-state index in [0.29, 0.717) is 11.3 Å². The minimum Gasteiger partial charge on any atom is -0.508 e. The van der Waals surface area contributed by atoms with E-state index in [2.05, 4.69) is 20.5 Å². The highest BCUT2D eigenvalue weighted by Gasteiger charge is 2.19. The lowest BCUT2D eigenvalue weighted by atomic mass is 10.2. The second-order valence-electron chi connectivity index (χ2n) is 6.50. The maximum Gasteiger partial charge on any atom is 0.339 e. The Morgan fingerprint density at radius 2 is 1.41 bits per heavy atom. The van der Waals surface area contributed by atoms with Crippen molar-refractivity contribution in [1.82, 2.24) is 0 Å². The van der Waals surface area contributed by atoms with Crippen LogP contribution < -0.4 is 0 Å². The zero-order chi connectivity index (χ0) is 23.5. The van der Waals surface area contributed by atoms with Crippen LogP contribution in [0.25, 0.3) is 0 Å². The Morgan fingerprint density at radius 1 is 0.812 bits per heavy atom. The van der Waals surface area contributed by atoms with Crippen LogP contribution in [0.2, 0.25) is 0 Å². The van der Waals surface area contributed by atoms with Gasteiger partial charge in [-0.25, -0.2) is 4.79 Å². The molecule has 0 aliphatic carbocycles. The molecule has 12 heteroatoms. The lowest BCUT2D eigenvalue weighted by molar-refractivity contribution is 0.0693. The van der Waals surface area contributed by atoms with Gasteiger partial charge in [0, 0.05) is 6.07 Å². The Balaban J connectivity index is 1.98. The second-order valence-corrected chi connectivity index (χ2v) is 7.89. The zero-order valence-corrected chi connectivity index (χ0v) is 17.2. The fourth-order valence-corrected chi connectivity index (χ4v) is 3.18. The van der Waals surface area contributed by atoms with Crippen LogP contribution in [0.15, 0.2) is 79.9 Å². The molecule has 0 unspecified atom stereocenters. The van der Waals surface area contributed by atoms with Crippen LogP contribution in [0.5, 0.6) is 11.5 Å². The van der Waals surface area contributed by atoms with Crippen molar-refractivity contribution in [3.63, 3.8) is 0 Å². The molecule has 0 saturated carbocycles. The number of aromatic hydroxyl groups is 2. The smallest absolute Gasteiger partial charge is 0.339 e. The Hall–Kier alpha value is -4.16. The highest BCUT2D eigenvalue weighted by Crippen LogP contribution is 2.34. The first kappa shape index (κ1) is 22.5. The van der Waals surface area contributed by atoms with E-state index in [-0.39, 0.29) is 28.4 Å². The number of azo groups is 2. The van der Waals surface area contributed by atoms with Crippen molar-refractivity contribution in [2.45, 2.75) is 11.8 Å². The number of hydrogen-bond acceptors (Lipinski definition) is 9. The highest BCUT2D eigenvalue weighted by atomic mass is 32.2. The van der Waals surface area contributed by atoms with Crippen LogP contribution >= 0.6 is 0 Å². The SMILES string of the molecule is Cc1cc(N=Nc2ccc(C(=O)O)c(O)c2)c(S(=O)(=O)O)cc1N=Nc1ccc(O)cc1. The van der Waals surface area contributed by atoms with Crippen LogP contribution in [0.3, 0.4) is 0 Å². The van der Waals surface area contributed by atoms with Gasteiger partial charge in [0.1, 0.15) is 27.6 Å². The lowest BCUT2D eigenvalue weighted by Gasteiger charge is -2.06. The predicted molar refractivity (Wildman–Crippen MR) is 113 cm³/mol. The molecule has 0 aromatic heterocycles. The molecule has 0 heterocycles. The van der Waals surface area contributed by atoms with Crippen molar-refractivity contribution in [2.24, 2.45) is 20.5 Å². The van der Waals surface area contributed by atoms with Crippen molar-refractivity contribution < 1.29 is 33.1 Å². The summed E-state index contributed by atoms with van der Waals surface area (Å²) in [5, 5.41) is 43.5. The quantitative estimate of drug-likeness (QED) is 0.291. The van der Waals surface area contributed by atoms with E-state index >= 15 is 0 Å². The van der Waals surface area contributed by atoms with E-state index in [4.69, 9.17) is 5.11 Å². The number of benzene rings is 3. The van der Waals surface area contributed by atoms with Gasteiger partial charge in [0.15, 0.2) is 0 Å². The summed E-state index contributed by atoms with van der Waals surface area (Å²) in [4.78, 5) is 10.4. The maximum atomic E-state index is 11.9. The molecule has 3 aromatic rings. The van der Waals surface area contributed by atoms with Gasteiger partial charge >= 0.3 is 5.97 Å². The Labute approximate surface area is 181 Å². The molecule has 32 heavy (non-hydrogen) atoms. The molecule has 0 spiro atoms. The largest absolute Gasteiger partial charge is 0.508 e. The molecular formula is C20H16N4O7S. The van der Waals surface area contributed by atoms with Gasteiger partial charge in [-0.3, -0.25) is 4.55 Å². The van der Waals surface area contributed by atoms with Gasteiger partial charge in [-0.1, -0.05) is 0 Å². The van der Waals surface area contributed by atoms with Crippen molar-refractivity contribution in [3.05, 3.63) is 65.7 Å². The molecule has 11 nitrogen and oxygen atoms in total. The van der Waals surface area contributed by atoms with E-state index in [1.165, 1.54) is 36.4 Å². The van der Waals surface area contributed by atoms with E-state index in [1.807, 2.05) is 0 Å². The van der Waals surface area contributed by atoms with Gasteiger partial charge in [-0.05, 0) is 61.0 Å². The Kier molecular flexibility index (Phi) is 6.27. The number of nitrogens with zero attached hydrogens (tertiary/aromatic N) is 4. The fourth-order valence-electron chi connectivity index (χ4n) is 2.56. The van der Waals surface area contributed by atoms with Gasteiger partial charge in [-0.2, -0.15) is 23.8 Å². The minimum absolute atomic E-state index is 0.0504. The van der Waals surface area contributed by atoms with Gasteiger partial charge in [-0.15, -0.1) is 5.11 Å². The summed E-state index contributed by atoms with van der Waals surface area (Å²) < 4.78 is 33.3. The molecule has 0 atom stereocenters. The lowest BCUT2D eigenvalue weighted by Crippen LogP contribution is -1.99. The van der Waals surface area contributed by atoms with Gasteiger partial charge in [0.05, 0.1) is 17.1 Å². The highest BCUT2D eigenvalue weighted by molar-refractivity contribution is 7.86. The zero-order valence-electron chi connectivity index (χ0n) is 16.4. The molecule has 0 fully saturated rings. The van der Waals surface area contributed by atoms with Crippen LogP contribution in [-0.4, -0.2) is 34.3 Å². The third-order valence-corrected chi connectivity index (χ3v) is 5.05. The van der Waals surface area contributed by atoms with Gasteiger partial charge in [0.2, 0.25) is 0 Å². The number of rotatable bonds is 6. The fraction of sp³-hybridized carbons (Fsp3) is 0.0500. The summed E-state index contributed by atoms with van der Waals surface area (Å²) in [6, 6.07) is 11.7. The summed E-state index contributed by atoms with van der Waals surface area (Å²) in [6.45, 7) is 1.62. The standard InChI is InChI=1S/C20H16N4O7S/c1-11-8-17(24-22-13-4-7-15(20(27)28)18(26)9-13)19(32(29,30)31)10-16(11)23-21-12-2-5-14(25)6-3-12/h2-10,25-26H,1H3,(H,27,28)(H,29,30,31). The molecule has 3 rings (SSSR count). The summed E-state index contributed by atoms with van der Waals surface area (Å²) in [5.74, 6) is -1.81. The van der Waals surface area contributed by atoms with E-state index < -0.39 is 26.7 Å². The number of phenolic OH excluding ortho intramolecular Hbond substituents is 1. The first-order chi connectivity index (χ1) is 15.0. The number of aryl methyl sites for hydroxylation is 1. The molecular weight excluding hydrogens is 440 g/mol.